The SMILES string of the molecule is C[C@H](C(=O)NCc1ccccc1)[S@](=O)Cc1ccc(Cl)s1. The van der Waals surface area contributed by atoms with Gasteiger partial charge in [-0.3, -0.25) is 9.00 Å². The van der Waals surface area contributed by atoms with E-state index in [-0.39, 0.29) is 5.91 Å². The molecule has 0 bridgehead atoms. The fourth-order valence-corrected chi connectivity index (χ4v) is 4.16. The van der Waals surface area contributed by atoms with Gasteiger partial charge in [0.15, 0.2) is 0 Å². The Morgan fingerprint density at radius 1 is 1.29 bits per heavy atom. The summed E-state index contributed by atoms with van der Waals surface area (Å²) in [5.41, 5.74) is 1.02. The molecule has 2 atom stereocenters. The van der Waals surface area contributed by atoms with Crippen molar-refractivity contribution in [1.82, 2.24) is 5.32 Å². The summed E-state index contributed by atoms with van der Waals surface area (Å²) in [7, 11) is -1.25. The van der Waals surface area contributed by atoms with Crippen LogP contribution in [-0.4, -0.2) is 15.4 Å². The summed E-state index contributed by atoms with van der Waals surface area (Å²) in [5.74, 6) is 0.164. The van der Waals surface area contributed by atoms with Crippen LogP contribution < -0.4 is 5.32 Å². The molecule has 0 aliphatic carbocycles. The van der Waals surface area contributed by atoms with Crippen LogP contribution in [0.15, 0.2) is 42.5 Å². The standard InChI is InChI=1S/C15H16ClNO2S2/c1-11(21(19)10-13-7-8-14(16)20-13)15(18)17-9-12-5-3-2-4-6-12/h2-8,11H,9-10H2,1H3,(H,17,18)/t11-,21-/m1/s1. The van der Waals surface area contributed by atoms with E-state index in [0.717, 1.165) is 10.4 Å². The Hall–Kier alpha value is -1.17. The Labute approximate surface area is 135 Å². The maximum Gasteiger partial charge on any atom is 0.235 e. The number of benzene rings is 1. The quantitative estimate of drug-likeness (QED) is 0.875. The predicted octanol–water partition coefficient (Wildman–Crippen LogP) is 3.36. The summed E-state index contributed by atoms with van der Waals surface area (Å²) in [6.45, 7) is 2.14. The van der Waals surface area contributed by atoms with Gasteiger partial charge in [0, 0.05) is 22.2 Å². The van der Waals surface area contributed by atoms with E-state index in [2.05, 4.69) is 5.32 Å². The average Bonchev–Trinajstić information content (AvgIpc) is 2.90. The van der Waals surface area contributed by atoms with Crippen molar-refractivity contribution in [3.63, 3.8) is 0 Å². The topological polar surface area (TPSA) is 46.2 Å². The molecular formula is C15H16ClNO2S2. The van der Waals surface area contributed by atoms with Crippen LogP contribution in [0.5, 0.6) is 0 Å². The maximum atomic E-state index is 12.2. The molecule has 21 heavy (non-hydrogen) atoms. The van der Waals surface area contributed by atoms with Gasteiger partial charge >= 0.3 is 0 Å². The second-order valence-electron chi connectivity index (χ2n) is 4.58. The Morgan fingerprint density at radius 2 is 2.00 bits per heavy atom. The van der Waals surface area contributed by atoms with Gasteiger partial charge in [-0.15, -0.1) is 11.3 Å². The van der Waals surface area contributed by atoms with Crippen LogP contribution in [0.2, 0.25) is 4.34 Å². The van der Waals surface area contributed by atoms with E-state index in [1.807, 2.05) is 36.4 Å². The van der Waals surface area contributed by atoms with Crippen LogP contribution in [0.3, 0.4) is 0 Å². The molecule has 1 heterocycles. The van der Waals surface area contributed by atoms with E-state index in [1.54, 1.807) is 13.0 Å². The Kier molecular flexibility index (Phi) is 5.96. The summed E-state index contributed by atoms with van der Waals surface area (Å²) in [4.78, 5) is 13.0. The number of carbonyl (C=O) groups excluding carboxylic acids is 1. The number of amides is 1. The van der Waals surface area contributed by atoms with Crippen LogP contribution in [-0.2, 0) is 27.9 Å². The Morgan fingerprint density at radius 3 is 2.62 bits per heavy atom. The molecule has 3 nitrogen and oxygen atoms in total. The molecule has 1 amide bonds. The summed E-state index contributed by atoms with van der Waals surface area (Å²) >= 11 is 7.24. The fourth-order valence-electron chi connectivity index (χ4n) is 1.74. The number of thiophene rings is 1. The third kappa shape index (κ3) is 4.95. The molecule has 2 aromatic rings. The van der Waals surface area contributed by atoms with E-state index in [4.69, 9.17) is 11.6 Å². The third-order valence-electron chi connectivity index (χ3n) is 2.99. The second kappa shape index (κ2) is 7.73. The molecule has 0 saturated heterocycles. The minimum absolute atomic E-state index is 0.195. The van der Waals surface area contributed by atoms with E-state index < -0.39 is 16.0 Å². The van der Waals surface area contributed by atoms with Gasteiger partial charge in [-0.05, 0) is 24.6 Å². The number of hydrogen-bond acceptors (Lipinski definition) is 3. The van der Waals surface area contributed by atoms with Gasteiger partial charge in [0.05, 0.1) is 10.1 Å². The van der Waals surface area contributed by atoms with Crippen molar-refractivity contribution >= 4 is 39.6 Å². The monoisotopic (exact) mass is 341 g/mol. The maximum absolute atomic E-state index is 12.2. The largest absolute Gasteiger partial charge is 0.351 e. The molecule has 2 rings (SSSR count). The Bertz CT molecular complexity index is 628. The summed E-state index contributed by atoms with van der Waals surface area (Å²) in [6.07, 6.45) is 0. The molecule has 112 valence electrons. The van der Waals surface area contributed by atoms with E-state index >= 15 is 0 Å². The lowest BCUT2D eigenvalue weighted by Gasteiger charge is -2.11. The van der Waals surface area contributed by atoms with Gasteiger partial charge in [-0.2, -0.15) is 0 Å². The summed E-state index contributed by atoms with van der Waals surface area (Å²) in [5, 5.41) is 2.27. The minimum atomic E-state index is -1.25. The lowest BCUT2D eigenvalue weighted by molar-refractivity contribution is -0.120. The summed E-state index contributed by atoms with van der Waals surface area (Å²) in [6, 6.07) is 13.3. The minimum Gasteiger partial charge on any atom is -0.351 e. The van der Waals surface area contributed by atoms with Crippen molar-refractivity contribution < 1.29 is 9.00 Å². The van der Waals surface area contributed by atoms with E-state index in [0.29, 0.717) is 16.6 Å². The predicted molar refractivity (Wildman–Crippen MR) is 88.9 cm³/mol. The number of hydrogen-bond donors (Lipinski definition) is 1. The van der Waals surface area contributed by atoms with Gasteiger partial charge in [0.2, 0.25) is 5.91 Å². The zero-order chi connectivity index (χ0) is 15.2. The van der Waals surface area contributed by atoms with Gasteiger partial charge in [0.1, 0.15) is 5.25 Å². The van der Waals surface area contributed by atoms with Crippen molar-refractivity contribution in [2.24, 2.45) is 0 Å². The molecule has 0 radical (unpaired) electrons. The molecule has 0 spiro atoms. The first-order chi connectivity index (χ1) is 10.1. The fraction of sp³-hybridized carbons (Fsp3) is 0.267. The zero-order valence-corrected chi connectivity index (χ0v) is 13.9. The highest BCUT2D eigenvalue weighted by Gasteiger charge is 2.20. The smallest absolute Gasteiger partial charge is 0.235 e. The molecule has 0 saturated carbocycles. The molecule has 0 aliphatic heterocycles. The van der Waals surface area contributed by atoms with Gasteiger partial charge in [-0.1, -0.05) is 41.9 Å². The van der Waals surface area contributed by atoms with E-state index in [1.165, 1.54) is 11.3 Å². The highest BCUT2D eigenvalue weighted by atomic mass is 35.5. The normalized spacial score (nSPS) is 13.6. The lowest BCUT2D eigenvalue weighted by Crippen LogP contribution is -2.35. The second-order valence-corrected chi connectivity index (χ2v) is 8.13. The molecule has 0 aliphatic rings. The number of carbonyl (C=O) groups is 1. The first-order valence-corrected chi connectivity index (χ1v) is 9.07. The summed E-state index contributed by atoms with van der Waals surface area (Å²) < 4.78 is 12.9. The van der Waals surface area contributed by atoms with Gasteiger partial charge in [0.25, 0.3) is 0 Å². The first kappa shape index (κ1) is 16.2. The van der Waals surface area contributed by atoms with Crippen molar-refractivity contribution in [2.45, 2.75) is 24.5 Å². The lowest BCUT2D eigenvalue weighted by atomic mass is 10.2. The third-order valence-corrected chi connectivity index (χ3v) is 6.00. The Balaban J connectivity index is 1.85. The van der Waals surface area contributed by atoms with Crippen molar-refractivity contribution in [3.8, 4) is 0 Å². The van der Waals surface area contributed by atoms with Gasteiger partial charge < -0.3 is 5.32 Å². The van der Waals surface area contributed by atoms with Crippen molar-refractivity contribution in [1.29, 1.82) is 0 Å². The molecule has 1 aromatic carbocycles. The number of rotatable bonds is 6. The van der Waals surface area contributed by atoms with Crippen molar-refractivity contribution in [2.75, 3.05) is 0 Å². The average molecular weight is 342 g/mol. The number of halogens is 1. The highest BCUT2D eigenvalue weighted by Crippen LogP contribution is 2.23. The molecule has 0 unspecified atom stereocenters. The van der Waals surface area contributed by atoms with Crippen molar-refractivity contribution in [3.05, 3.63) is 57.2 Å². The molecule has 1 N–H and O–H groups in total. The van der Waals surface area contributed by atoms with Crippen LogP contribution in [0, 0.1) is 0 Å². The van der Waals surface area contributed by atoms with E-state index in [9.17, 15) is 9.00 Å². The molecule has 0 fully saturated rings. The van der Waals surface area contributed by atoms with Crippen LogP contribution in [0.4, 0.5) is 0 Å². The molecular weight excluding hydrogens is 326 g/mol. The first-order valence-electron chi connectivity index (χ1n) is 6.49. The highest BCUT2D eigenvalue weighted by molar-refractivity contribution is 7.85. The van der Waals surface area contributed by atoms with Crippen LogP contribution in [0.1, 0.15) is 17.4 Å². The zero-order valence-electron chi connectivity index (χ0n) is 11.5. The van der Waals surface area contributed by atoms with Crippen LogP contribution >= 0.6 is 22.9 Å². The van der Waals surface area contributed by atoms with Gasteiger partial charge in [-0.25, -0.2) is 0 Å². The number of nitrogens with one attached hydrogen (secondary N) is 1. The van der Waals surface area contributed by atoms with Crippen LogP contribution in [0.25, 0.3) is 0 Å². The molecule has 6 heteroatoms. The molecule has 1 aromatic heterocycles.